The Labute approximate surface area is 196 Å². The molecule has 0 unspecified atom stereocenters. The van der Waals surface area contributed by atoms with Gasteiger partial charge in [-0.1, -0.05) is 48.5 Å². The lowest BCUT2D eigenvalue weighted by molar-refractivity contribution is 0.304. The maximum absolute atomic E-state index is 6.09. The van der Waals surface area contributed by atoms with Gasteiger partial charge in [0.1, 0.15) is 18.7 Å². The molecular weight excluding hydrogens is 424 g/mol. The number of para-hydroxylation sites is 1. The van der Waals surface area contributed by atoms with Crippen LogP contribution in [0.1, 0.15) is 16.7 Å². The smallest absolute Gasteiger partial charge is 0.182 e. The Morgan fingerprint density at radius 3 is 2.65 bits per heavy atom. The Kier molecular flexibility index (Phi) is 4.80. The minimum Gasteiger partial charge on any atom is -0.489 e. The van der Waals surface area contributed by atoms with E-state index >= 15 is 0 Å². The maximum atomic E-state index is 6.09. The molecule has 0 fully saturated rings. The predicted octanol–water partition coefficient (Wildman–Crippen LogP) is 5.33. The lowest BCUT2D eigenvalue weighted by Gasteiger charge is -2.10. The van der Waals surface area contributed by atoms with E-state index in [1.54, 1.807) is 17.0 Å². The quantitative estimate of drug-likeness (QED) is 0.358. The van der Waals surface area contributed by atoms with Gasteiger partial charge in [0.15, 0.2) is 17.1 Å². The predicted molar refractivity (Wildman–Crippen MR) is 131 cm³/mol. The molecule has 7 nitrogen and oxygen atoms in total. The molecule has 6 aromatic rings. The van der Waals surface area contributed by atoms with E-state index in [-0.39, 0.29) is 0 Å². The van der Waals surface area contributed by atoms with Gasteiger partial charge in [-0.25, -0.2) is 19.2 Å². The van der Waals surface area contributed by atoms with Gasteiger partial charge in [-0.2, -0.15) is 5.10 Å². The number of hydrogen-bond acceptors (Lipinski definition) is 5. The lowest BCUT2D eigenvalue weighted by Crippen LogP contribution is -1.98. The third-order valence-corrected chi connectivity index (χ3v) is 5.83. The Bertz CT molecular complexity index is 1630. The summed E-state index contributed by atoms with van der Waals surface area (Å²) in [6.07, 6.45) is 3.47. The first-order valence-corrected chi connectivity index (χ1v) is 11.1. The van der Waals surface area contributed by atoms with Crippen LogP contribution in [0.3, 0.4) is 0 Å². The van der Waals surface area contributed by atoms with Crippen LogP contribution in [-0.2, 0) is 6.61 Å². The van der Waals surface area contributed by atoms with Crippen LogP contribution in [0.5, 0.6) is 5.75 Å². The van der Waals surface area contributed by atoms with Gasteiger partial charge in [0.25, 0.3) is 0 Å². The van der Waals surface area contributed by atoms with Gasteiger partial charge in [0.05, 0.1) is 17.3 Å². The Balaban J connectivity index is 1.33. The highest BCUT2D eigenvalue weighted by Gasteiger charge is 2.14. The van der Waals surface area contributed by atoms with Crippen LogP contribution in [0, 0.1) is 13.8 Å². The summed E-state index contributed by atoms with van der Waals surface area (Å²) in [5.41, 5.74) is 6.69. The molecule has 7 heteroatoms. The van der Waals surface area contributed by atoms with Crippen LogP contribution in [0.4, 0.5) is 0 Å². The first kappa shape index (κ1) is 20.1. The van der Waals surface area contributed by atoms with Gasteiger partial charge < -0.3 is 4.74 Å². The van der Waals surface area contributed by atoms with Crippen molar-refractivity contribution >= 4 is 16.7 Å². The van der Waals surface area contributed by atoms with Gasteiger partial charge in [0.2, 0.25) is 0 Å². The zero-order valence-electron chi connectivity index (χ0n) is 18.9. The fourth-order valence-corrected chi connectivity index (χ4v) is 4.03. The molecule has 0 spiro atoms. The van der Waals surface area contributed by atoms with E-state index in [1.807, 2.05) is 53.2 Å². The molecule has 0 radical (unpaired) electrons. The SMILES string of the molecule is Cc1ccc(C)c(OCc2cccc(-c3nc4c5cnn(-c6ccccc6)c5ncn4n3)c2)c1. The average molecular weight is 447 g/mol. The van der Waals surface area contributed by atoms with Crippen molar-refractivity contribution in [3.05, 3.63) is 102 Å². The number of rotatable bonds is 5. The monoisotopic (exact) mass is 446 g/mol. The standard InChI is InChI=1S/C27H22N6O/c1-18-11-12-19(2)24(13-18)34-16-20-7-6-8-21(14-20)25-30-27-23-15-29-33(22-9-4-3-5-10-22)26(23)28-17-32(27)31-25/h3-15,17H,16H2,1-2H3. The van der Waals surface area contributed by atoms with E-state index in [9.17, 15) is 0 Å². The molecule has 0 atom stereocenters. The number of benzene rings is 3. The minimum atomic E-state index is 0.473. The maximum Gasteiger partial charge on any atom is 0.182 e. The molecule has 0 bridgehead atoms. The number of nitrogens with zero attached hydrogens (tertiary/aromatic N) is 6. The van der Waals surface area contributed by atoms with Crippen molar-refractivity contribution in [2.24, 2.45) is 0 Å². The van der Waals surface area contributed by atoms with Crippen LogP contribution in [0.25, 0.3) is 33.8 Å². The van der Waals surface area contributed by atoms with E-state index in [4.69, 9.17) is 9.72 Å². The molecule has 0 saturated heterocycles. The van der Waals surface area contributed by atoms with E-state index < -0.39 is 0 Å². The molecule has 34 heavy (non-hydrogen) atoms. The molecule has 0 N–H and O–H groups in total. The summed E-state index contributed by atoms with van der Waals surface area (Å²) in [6.45, 7) is 4.60. The van der Waals surface area contributed by atoms with Crippen molar-refractivity contribution in [3.8, 4) is 22.8 Å². The largest absolute Gasteiger partial charge is 0.489 e. The van der Waals surface area contributed by atoms with Crippen LogP contribution < -0.4 is 4.74 Å². The molecule has 0 saturated carbocycles. The van der Waals surface area contributed by atoms with Gasteiger partial charge in [-0.3, -0.25) is 0 Å². The zero-order valence-corrected chi connectivity index (χ0v) is 18.9. The Morgan fingerprint density at radius 2 is 1.76 bits per heavy atom. The first-order chi connectivity index (χ1) is 16.7. The molecule has 3 aromatic carbocycles. The molecule has 0 aliphatic heterocycles. The van der Waals surface area contributed by atoms with E-state index in [0.717, 1.165) is 44.8 Å². The molecule has 3 heterocycles. The highest BCUT2D eigenvalue weighted by atomic mass is 16.5. The highest BCUT2D eigenvalue weighted by Crippen LogP contribution is 2.25. The van der Waals surface area contributed by atoms with Crippen molar-refractivity contribution in [1.82, 2.24) is 29.4 Å². The van der Waals surface area contributed by atoms with Crippen molar-refractivity contribution in [2.45, 2.75) is 20.5 Å². The highest BCUT2D eigenvalue weighted by molar-refractivity contribution is 5.90. The molecule has 6 rings (SSSR count). The van der Waals surface area contributed by atoms with E-state index in [0.29, 0.717) is 12.4 Å². The fourth-order valence-electron chi connectivity index (χ4n) is 4.03. The Hall–Kier alpha value is -4.52. The molecular formula is C27H22N6O. The second kappa shape index (κ2) is 8.12. The Morgan fingerprint density at radius 1 is 0.882 bits per heavy atom. The van der Waals surface area contributed by atoms with E-state index in [1.165, 1.54) is 5.56 Å². The summed E-state index contributed by atoms with van der Waals surface area (Å²) in [6, 6.07) is 24.3. The molecule has 166 valence electrons. The normalized spacial score (nSPS) is 11.4. The third-order valence-electron chi connectivity index (χ3n) is 5.83. The van der Waals surface area contributed by atoms with Crippen LogP contribution >= 0.6 is 0 Å². The number of aryl methyl sites for hydroxylation is 2. The second-order valence-corrected chi connectivity index (χ2v) is 8.34. The first-order valence-electron chi connectivity index (χ1n) is 11.1. The number of hydrogen-bond donors (Lipinski definition) is 0. The topological polar surface area (TPSA) is 70.1 Å². The van der Waals surface area contributed by atoms with Crippen molar-refractivity contribution in [3.63, 3.8) is 0 Å². The summed E-state index contributed by atoms with van der Waals surface area (Å²) in [4.78, 5) is 9.41. The number of aromatic nitrogens is 6. The fraction of sp³-hybridized carbons (Fsp3) is 0.111. The number of ether oxygens (including phenoxy) is 1. The molecule has 0 amide bonds. The zero-order chi connectivity index (χ0) is 23.1. The van der Waals surface area contributed by atoms with Crippen molar-refractivity contribution in [2.75, 3.05) is 0 Å². The summed E-state index contributed by atoms with van der Waals surface area (Å²) >= 11 is 0. The molecule has 3 aromatic heterocycles. The average Bonchev–Trinajstić information content (AvgIpc) is 3.50. The van der Waals surface area contributed by atoms with Crippen LogP contribution in [0.2, 0.25) is 0 Å². The third kappa shape index (κ3) is 3.57. The van der Waals surface area contributed by atoms with E-state index in [2.05, 4.69) is 53.3 Å². The van der Waals surface area contributed by atoms with Gasteiger partial charge >= 0.3 is 0 Å². The summed E-state index contributed by atoms with van der Waals surface area (Å²) in [5, 5.41) is 10.0. The van der Waals surface area contributed by atoms with Crippen molar-refractivity contribution in [1.29, 1.82) is 0 Å². The molecule has 0 aliphatic carbocycles. The molecule has 0 aliphatic rings. The minimum absolute atomic E-state index is 0.473. The van der Waals surface area contributed by atoms with Gasteiger partial charge in [-0.05, 0) is 54.8 Å². The summed E-state index contributed by atoms with van der Waals surface area (Å²) in [7, 11) is 0. The summed E-state index contributed by atoms with van der Waals surface area (Å²) < 4.78 is 9.61. The van der Waals surface area contributed by atoms with Crippen molar-refractivity contribution < 1.29 is 4.74 Å². The lowest BCUT2D eigenvalue weighted by atomic mass is 10.1. The second-order valence-electron chi connectivity index (χ2n) is 8.34. The number of fused-ring (bicyclic) bond motifs is 3. The van der Waals surface area contributed by atoms with Crippen LogP contribution in [-0.4, -0.2) is 29.4 Å². The van der Waals surface area contributed by atoms with Gasteiger partial charge in [0, 0.05) is 5.56 Å². The summed E-state index contributed by atoms with van der Waals surface area (Å²) in [5.74, 6) is 1.54. The van der Waals surface area contributed by atoms with Gasteiger partial charge in [-0.15, -0.1) is 5.10 Å². The van der Waals surface area contributed by atoms with Crippen LogP contribution in [0.15, 0.2) is 85.3 Å².